The van der Waals surface area contributed by atoms with Gasteiger partial charge in [0.15, 0.2) is 0 Å². The fourth-order valence-corrected chi connectivity index (χ4v) is 3.75. The molecule has 2 heterocycles. The SMILES string of the molecule is CCCC1CC(N(CC(C)C)CC2CCCN2)CCO1. The van der Waals surface area contributed by atoms with E-state index in [1.807, 2.05) is 0 Å². The Balaban J connectivity index is 1.89. The molecule has 0 spiro atoms. The van der Waals surface area contributed by atoms with Gasteiger partial charge in [0, 0.05) is 31.8 Å². The van der Waals surface area contributed by atoms with Gasteiger partial charge in [0.2, 0.25) is 0 Å². The second kappa shape index (κ2) is 8.35. The van der Waals surface area contributed by atoms with Crippen LogP contribution >= 0.6 is 0 Å². The van der Waals surface area contributed by atoms with E-state index in [1.54, 1.807) is 0 Å². The molecule has 2 aliphatic rings. The minimum Gasteiger partial charge on any atom is -0.378 e. The maximum Gasteiger partial charge on any atom is 0.0590 e. The molecule has 2 aliphatic heterocycles. The highest BCUT2D eigenvalue weighted by Crippen LogP contribution is 2.24. The summed E-state index contributed by atoms with van der Waals surface area (Å²) in [6.45, 7) is 11.6. The Kier molecular flexibility index (Phi) is 6.79. The van der Waals surface area contributed by atoms with Gasteiger partial charge < -0.3 is 10.1 Å². The first-order valence-electron chi connectivity index (χ1n) is 8.78. The zero-order valence-electron chi connectivity index (χ0n) is 13.7. The van der Waals surface area contributed by atoms with Crippen LogP contribution in [0.4, 0.5) is 0 Å². The van der Waals surface area contributed by atoms with Gasteiger partial charge in [0.1, 0.15) is 0 Å². The van der Waals surface area contributed by atoms with E-state index in [4.69, 9.17) is 4.74 Å². The highest BCUT2D eigenvalue weighted by atomic mass is 16.5. The van der Waals surface area contributed by atoms with Crippen molar-refractivity contribution in [1.29, 1.82) is 0 Å². The Morgan fingerprint density at radius 1 is 1.30 bits per heavy atom. The molecular weight excluding hydrogens is 248 g/mol. The molecule has 20 heavy (non-hydrogen) atoms. The van der Waals surface area contributed by atoms with Gasteiger partial charge >= 0.3 is 0 Å². The Hall–Kier alpha value is -0.120. The van der Waals surface area contributed by atoms with E-state index in [2.05, 4.69) is 31.0 Å². The van der Waals surface area contributed by atoms with Crippen molar-refractivity contribution >= 4 is 0 Å². The summed E-state index contributed by atoms with van der Waals surface area (Å²) in [5.41, 5.74) is 0. The van der Waals surface area contributed by atoms with Crippen molar-refractivity contribution < 1.29 is 4.74 Å². The molecule has 2 fully saturated rings. The summed E-state index contributed by atoms with van der Waals surface area (Å²) in [4.78, 5) is 2.76. The van der Waals surface area contributed by atoms with Crippen LogP contribution in [0.5, 0.6) is 0 Å². The lowest BCUT2D eigenvalue weighted by Gasteiger charge is -2.39. The highest BCUT2D eigenvalue weighted by Gasteiger charge is 2.29. The van der Waals surface area contributed by atoms with Gasteiger partial charge in [-0.15, -0.1) is 0 Å². The highest BCUT2D eigenvalue weighted by molar-refractivity contribution is 4.85. The van der Waals surface area contributed by atoms with E-state index in [0.29, 0.717) is 6.10 Å². The minimum absolute atomic E-state index is 0.505. The summed E-state index contributed by atoms with van der Waals surface area (Å²) in [6.07, 6.45) is 8.15. The van der Waals surface area contributed by atoms with Crippen LogP contribution in [-0.2, 0) is 4.74 Å². The maximum atomic E-state index is 5.93. The van der Waals surface area contributed by atoms with Crippen LogP contribution in [0.15, 0.2) is 0 Å². The molecule has 0 aliphatic carbocycles. The van der Waals surface area contributed by atoms with Gasteiger partial charge in [0.25, 0.3) is 0 Å². The molecule has 0 saturated carbocycles. The number of nitrogens with one attached hydrogen (secondary N) is 1. The van der Waals surface area contributed by atoms with Crippen molar-refractivity contribution in [3.8, 4) is 0 Å². The third-order valence-electron chi connectivity index (χ3n) is 4.68. The lowest BCUT2D eigenvalue weighted by atomic mass is 9.97. The third-order valence-corrected chi connectivity index (χ3v) is 4.68. The molecule has 3 nitrogen and oxygen atoms in total. The first-order valence-corrected chi connectivity index (χ1v) is 8.78. The Bertz CT molecular complexity index is 262. The fourth-order valence-electron chi connectivity index (χ4n) is 3.75. The Labute approximate surface area is 125 Å². The Morgan fingerprint density at radius 3 is 2.80 bits per heavy atom. The molecule has 0 aromatic heterocycles. The molecule has 1 N–H and O–H groups in total. The van der Waals surface area contributed by atoms with Crippen LogP contribution < -0.4 is 5.32 Å². The number of ether oxygens (including phenoxy) is 1. The van der Waals surface area contributed by atoms with Crippen LogP contribution in [0.25, 0.3) is 0 Å². The van der Waals surface area contributed by atoms with Crippen molar-refractivity contribution in [2.45, 2.75) is 77.5 Å². The average Bonchev–Trinajstić information content (AvgIpc) is 2.91. The third kappa shape index (κ3) is 5.01. The van der Waals surface area contributed by atoms with Crippen molar-refractivity contribution in [3.63, 3.8) is 0 Å². The maximum absolute atomic E-state index is 5.93. The second-order valence-electron chi connectivity index (χ2n) is 7.10. The van der Waals surface area contributed by atoms with E-state index in [9.17, 15) is 0 Å². The lowest BCUT2D eigenvalue weighted by molar-refractivity contribution is -0.0342. The largest absolute Gasteiger partial charge is 0.378 e. The fraction of sp³-hybridized carbons (Fsp3) is 1.00. The van der Waals surface area contributed by atoms with Crippen LogP contribution in [-0.4, -0.2) is 49.3 Å². The number of nitrogens with zero attached hydrogens (tertiary/aromatic N) is 1. The van der Waals surface area contributed by atoms with E-state index in [1.165, 1.54) is 58.2 Å². The monoisotopic (exact) mass is 282 g/mol. The van der Waals surface area contributed by atoms with E-state index in [-0.39, 0.29) is 0 Å². The van der Waals surface area contributed by atoms with Crippen molar-refractivity contribution in [1.82, 2.24) is 10.2 Å². The normalized spacial score (nSPS) is 31.4. The topological polar surface area (TPSA) is 24.5 Å². The van der Waals surface area contributed by atoms with Crippen LogP contribution in [0.1, 0.15) is 59.3 Å². The summed E-state index contributed by atoms with van der Waals surface area (Å²) >= 11 is 0. The van der Waals surface area contributed by atoms with Crippen LogP contribution in [0.2, 0.25) is 0 Å². The van der Waals surface area contributed by atoms with Gasteiger partial charge in [-0.05, 0) is 44.6 Å². The second-order valence-corrected chi connectivity index (χ2v) is 7.10. The Morgan fingerprint density at radius 2 is 2.15 bits per heavy atom. The smallest absolute Gasteiger partial charge is 0.0590 e. The summed E-state index contributed by atoms with van der Waals surface area (Å²) in [5.74, 6) is 0.754. The molecule has 0 aromatic carbocycles. The predicted octanol–water partition coefficient (Wildman–Crippen LogP) is 3.04. The standard InChI is InChI=1S/C17H34N2O/c1-4-6-17-11-16(8-10-20-17)19(12-14(2)3)13-15-7-5-9-18-15/h14-18H,4-13H2,1-3H3. The van der Waals surface area contributed by atoms with Crippen LogP contribution in [0, 0.1) is 5.92 Å². The molecule has 0 amide bonds. The lowest BCUT2D eigenvalue weighted by Crippen LogP contribution is -2.48. The van der Waals surface area contributed by atoms with Gasteiger partial charge in [0.05, 0.1) is 6.10 Å². The van der Waals surface area contributed by atoms with Gasteiger partial charge in [-0.3, -0.25) is 4.90 Å². The van der Waals surface area contributed by atoms with Crippen LogP contribution in [0.3, 0.4) is 0 Å². The molecule has 118 valence electrons. The van der Waals surface area contributed by atoms with Crippen molar-refractivity contribution in [2.24, 2.45) is 5.92 Å². The van der Waals surface area contributed by atoms with E-state index < -0.39 is 0 Å². The zero-order chi connectivity index (χ0) is 14.4. The van der Waals surface area contributed by atoms with Gasteiger partial charge in [-0.1, -0.05) is 27.2 Å². The average molecular weight is 282 g/mol. The molecule has 3 atom stereocenters. The first-order chi connectivity index (χ1) is 9.69. The van der Waals surface area contributed by atoms with Crippen molar-refractivity contribution in [3.05, 3.63) is 0 Å². The summed E-state index contributed by atoms with van der Waals surface area (Å²) in [6, 6.07) is 1.46. The minimum atomic E-state index is 0.505. The number of hydrogen-bond acceptors (Lipinski definition) is 3. The quantitative estimate of drug-likeness (QED) is 0.777. The molecule has 0 radical (unpaired) electrons. The number of rotatable bonds is 7. The number of hydrogen-bond donors (Lipinski definition) is 1. The molecule has 3 unspecified atom stereocenters. The molecule has 0 aromatic rings. The van der Waals surface area contributed by atoms with Gasteiger partial charge in [-0.2, -0.15) is 0 Å². The van der Waals surface area contributed by atoms with E-state index >= 15 is 0 Å². The van der Waals surface area contributed by atoms with Crippen molar-refractivity contribution in [2.75, 3.05) is 26.2 Å². The molecule has 2 rings (SSSR count). The summed E-state index contributed by atoms with van der Waals surface area (Å²) in [5, 5.41) is 3.66. The zero-order valence-corrected chi connectivity index (χ0v) is 13.7. The summed E-state index contributed by atoms with van der Waals surface area (Å²) in [7, 11) is 0. The molecule has 0 bridgehead atoms. The molecular formula is C17H34N2O. The predicted molar refractivity (Wildman–Crippen MR) is 85.1 cm³/mol. The van der Waals surface area contributed by atoms with E-state index in [0.717, 1.165) is 24.6 Å². The molecule has 2 saturated heterocycles. The first kappa shape index (κ1) is 16.3. The van der Waals surface area contributed by atoms with Gasteiger partial charge in [-0.25, -0.2) is 0 Å². The molecule has 3 heteroatoms. The summed E-state index contributed by atoms with van der Waals surface area (Å²) < 4.78 is 5.93.